The first kappa shape index (κ1) is 17.4. The lowest BCUT2D eigenvalue weighted by Crippen LogP contribution is -2.32. The largest absolute Gasteiger partial charge is 0.373 e. The zero-order valence-electron chi connectivity index (χ0n) is 13.5. The van der Waals surface area contributed by atoms with Crippen molar-refractivity contribution in [2.45, 2.75) is 19.3 Å². The summed E-state index contributed by atoms with van der Waals surface area (Å²) in [7, 11) is 2.03. The highest BCUT2D eigenvalue weighted by Gasteiger charge is 2.03. The number of aryl methyl sites for hydroxylation is 1. The normalized spacial score (nSPS) is 10.3. The van der Waals surface area contributed by atoms with Crippen molar-refractivity contribution in [2.75, 3.05) is 25.0 Å². The number of nitrogens with zero attached hydrogens (tertiary/aromatic N) is 1. The molecule has 0 aromatic heterocycles. The number of likely N-dealkylation sites (N-methyl/N-ethyl adjacent to an activating group) is 1. The van der Waals surface area contributed by atoms with Gasteiger partial charge in [0.1, 0.15) is 0 Å². The molecule has 0 aliphatic rings. The second-order valence-electron chi connectivity index (χ2n) is 5.59. The second-order valence-corrected chi connectivity index (χ2v) is 6.02. The van der Waals surface area contributed by atoms with Gasteiger partial charge in [0.05, 0.1) is 0 Å². The van der Waals surface area contributed by atoms with Crippen molar-refractivity contribution in [1.29, 1.82) is 0 Å². The van der Waals surface area contributed by atoms with Gasteiger partial charge in [-0.1, -0.05) is 41.9 Å². The van der Waals surface area contributed by atoms with Gasteiger partial charge >= 0.3 is 0 Å². The molecule has 0 spiro atoms. The van der Waals surface area contributed by atoms with Crippen molar-refractivity contribution in [3.8, 4) is 0 Å². The number of rotatable bonds is 8. The molecule has 1 N–H and O–H groups in total. The standard InChI is InChI=1S/C19H23ClN2O/c1-22(18-7-3-2-4-8-18)15-14-21-19(23)9-5-6-16-10-12-17(20)13-11-16/h2-4,7-8,10-13H,5-6,9,14-15H2,1H3,(H,21,23). The number of amides is 1. The van der Waals surface area contributed by atoms with E-state index in [1.54, 1.807) is 0 Å². The Labute approximate surface area is 143 Å². The smallest absolute Gasteiger partial charge is 0.220 e. The summed E-state index contributed by atoms with van der Waals surface area (Å²) in [6.07, 6.45) is 2.30. The fraction of sp³-hybridized carbons (Fsp3) is 0.316. The van der Waals surface area contributed by atoms with Crippen molar-refractivity contribution in [2.24, 2.45) is 0 Å². The lowest BCUT2D eigenvalue weighted by Gasteiger charge is -2.19. The minimum Gasteiger partial charge on any atom is -0.373 e. The average molecular weight is 331 g/mol. The van der Waals surface area contributed by atoms with Crippen LogP contribution in [0, 0.1) is 0 Å². The third-order valence-electron chi connectivity index (χ3n) is 3.75. The first-order valence-electron chi connectivity index (χ1n) is 7.92. The minimum absolute atomic E-state index is 0.112. The molecular weight excluding hydrogens is 308 g/mol. The van der Waals surface area contributed by atoms with Crippen molar-refractivity contribution >= 4 is 23.2 Å². The molecule has 0 aliphatic heterocycles. The Kier molecular flexibility index (Phi) is 6.95. The van der Waals surface area contributed by atoms with Crippen molar-refractivity contribution < 1.29 is 4.79 Å². The van der Waals surface area contributed by atoms with Gasteiger partial charge in [-0.3, -0.25) is 4.79 Å². The van der Waals surface area contributed by atoms with Gasteiger partial charge in [0.2, 0.25) is 5.91 Å². The van der Waals surface area contributed by atoms with Crippen molar-refractivity contribution in [3.05, 3.63) is 65.2 Å². The van der Waals surface area contributed by atoms with E-state index in [-0.39, 0.29) is 5.91 Å². The summed E-state index contributed by atoms with van der Waals surface area (Å²) in [5.41, 5.74) is 2.37. The molecule has 4 heteroatoms. The molecule has 0 unspecified atom stereocenters. The van der Waals surface area contributed by atoms with E-state index in [4.69, 9.17) is 11.6 Å². The molecule has 0 saturated heterocycles. The number of para-hydroxylation sites is 1. The van der Waals surface area contributed by atoms with E-state index in [1.807, 2.05) is 49.5 Å². The molecular formula is C19H23ClN2O. The summed E-state index contributed by atoms with van der Waals surface area (Å²) >= 11 is 5.86. The first-order valence-corrected chi connectivity index (χ1v) is 8.30. The van der Waals surface area contributed by atoms with Crippen LogP contribution in [0.3, 0.4) is 0 Å². The number of nitrogens with one attached hydrogen (secondary N) is 1. The zero-order valence-corrected chi connectivity index (χ0v) is 14.2. The maximum Gasteiger partial charge on any atom is 0.220 e. The number of carbonyl (C=O) groups is 1. The molecule has 0 fully saturated rings. The third kappa shape index (κ3) is 6.33. The van der Waals surface area contributed by atoms with Gasteiger partial charge in [-0.15, -0.1) is 0 Å². The van der Waals surface area contributed by atoms with E-state index >= 15 is 0 Å². The van der Waals surface area contributed by atoms with Crippen LogP contribution in [0.1, 0.15) is 18.4 Å². The van der Waals surface area contributed by atoms with Gasteiger partial charge in [-0.25, -0.2) is 0 Å². The molecule has 1 amide bonds. The zero-order chi connectivity index (χ0) is 16.5. The topological polar surface area (TPSA) is 32.3 Å². The van der Waals surface area contributed by atoms with Gasteiger partial charge in [0.15, 0.2) is 0 Å². The van der Waals surface area contributed by atoms with Crippen LogP contribution in [0.25, 0.3) is 0 Å². The molecule has 23 heavy (non-hydrogen) atoms. The minimum atomic E-state index is 0.112. The predicted molar refractivity (Wildman–Crippen MR) is 97.1 cm³/mol. The summed E-state index contributed by atoms with van der Waals surface area (Å²) in [5, 5.41) is 3.72. The van der Waals surface area contributed by atoms with Gasteiger partial charge in [0.25, 0.3) is 0 Å². The molecule has 0 bridgehead atoms. The van der Waals surface area contributed by atoms with E-state index in [2.05, 4.69) is 22.3 Å². The van der Waals surface area contributed by atoms with Gasteiger partial charge in [0, 0.05) is 37.3 Å². The number of halogens is 1. The van der Waals surface area contributed by atoms with Crippen molar-refractivity contribution in [3.63, 3.8) is 0 Å². The van der Waals surface area contributed by atoms with Crippen LogP contribution in [0.4, 0.5) is 5.69 Å². The number of hydrogen-bond acceptors (Lipinski definition) is 2. The monoisotopic (exact) mass is 330 g/mol. The fourth-order valence-electron chi connectivity index (χ4n) is 2.37. The Balaban J connectivity index is 1.61. The van der Waals surface area contributed by atoms with E-state index in [1.165, 1.54) is 5.56 Å². The number of hydrogen-bond donors (Lipinski definition) is 1. The highest BCUT2D eigenvalue weighted by atomic mass is 35.5. The number of anilines is 1. The Hall–Kier alpha value is -2.00. The van der Waals surface area contributed by atoms with Crippen LogP contribution in [-0.4, -0.2) is 26.0 Å². The maximum atomic E-state index is 11.9. The Bertz CT molecular complexity index is 599. The molecule has 2 aromatic rings. The van der Waals surface area contributed by atoms with Gasteiger partial charge in [-0.2, -0.15) is 0 Å². The SMILES string of the molecule is CN(CCNC(=O)CCCc1ccc(Cl)cc1)c1ccccc1. The van der Waals surface area contributed by atoms with E-state index in [0.717, 1.165) is 30.1 Å². The first-order chi connectivity index (χ1) is 11.1. The third-order valence-corrected chi connectivity index (χ3v) is 4.00. The van der Waals surface area contributed by atoms with Crippen LogP contribution in [0.2, 0.25) is 5.02 Å². The molecule has 0 aliphatic carbocycles. The summed E-state index contributed by atoms with van der Waals surface area (Å²) in [5.74, 6) is 0.112. The van der Waals surface area contributed by atoms with Crippen LogP contribution < -0.4 is 10.2 Å². The molecule has 0 heterocycles. The molecule has 0 saturated carbocycles. The molecule has 0 radical (unpaired) electrons. The molecule has 122 valence electrons. The molecule has 3 nitrogen and oxygen atoms in total. The highest BCUT2D eigenvalue weighted by Crippen LogP contribution is 2.12. The predicted octanol–water partition coefficient (Wildman–Crippen LogP) is 3.92. The average Bonchev–Trinajstić information content (AvgIpc) is 2.57. The van der Waals surface area contributed by atoms with Gasteiger partial charge in [-0.05, 0) is 42.7 Å². The summed E-state index contributed by atoms with van der Waals surface area (Å²) in [4.78, 5) is 14.0. The lowest BCUT2D eigenvalue weighted by atomic mass is 10.1. The number of benzene rings is 2. The quantitative estimate of drug-likeness (QED) is 0.795. The van der Waals surface area contributed by atoms with Crippen LogP contribution in [-0.2, 0) is 11.2 Å². The fourth-order valence-corrected chi connectivity index (χ4v) is 2.49. The van der Waals surface area contributed by atoms with Gasteiger partial charge < -0.3 is 10.2 Å². The maximum absolute atomic E-state index is 11.9. The lowest BCUT2D eigenvalue weighted by molar-refractivity contribution is -0.121. The van der Waals surface area contributed by atoms with E-state index in [0.29, 0.717) is 13.0 Å². The molecule has 2 aromatic carbocycles. The van der Waals surface area contributed by atoms with E-state index < -0.39 is 0 Å². The number of carbonyl (C=O) groups excluding carboxylic acids is 1. The Morgan fingerprint density at radius 2 is 1.78 bits per heavy atom. The Morgan fingerprint density at radius 3 is 2.48 bits per heavy atom. The highest BCUT2D eigenvalue weighted by molar-refractivity contribution is 6.30. The Morgan fingerprint density at radius 1 is 1.09 bits per heavy atom. The summed E-state index contributed by atoms with van der Waals surface area (Å²) < 4.78 is 0. The summed E-state index contributed by atoms with van der Waals surface area (Å²) in [6, 6.07) is 17.9. The van der Waals surface area contributed by atoms with E-state index in [9.17, 15) is 4.79 Å². The van der Waals surface area contributed by atoms with Crippen molar-refractivity contribution in [1.82, 2.24) is 5.32 Å². The van der Waals surface area contributed by atoms with Crippen LogP contribution in [0.5, 0.6) is 0 Å². The van der Waals surface area contributed by atoms with Crippen LogP contribution in [0.15, 0.2) is 54.6 Å². The second kappa shape index (κ2) is 9.21. The van der Waals surface area contributed by atoms with Crippen LogP contribution >= 0.6 is 11.6 Å². The molecule has 0 atom stereocenters. The molecule has 2 rings (SSSR count). The summed E-state index contributed by atoms with van der Waals surface area (Å²) in [6.45, 7) is 1.46.